The summed E-state index contributed by atoms with van der Waals surface area (Å²) in [5, 5.41) is 2.68. The summed E-state index contributed by atoms with van der Waals surface area (Å²) in [6, 6.07) is 13.2. The number of carbonyl (C=O) groups is 1. The first-order valence-electron chi connectivity index (χ1n) is 6.11. The van der Waals surface area contributed by atoms with Gasteiger partial charge in [0.05, 0.1) is 5.75 Å². The van der Waals surface area contributed by atoms with Crippen molar-refractivity contribution >= 4 is 39.3 Å². The lowest BCUT2D eigenvalue weighted by atomic mass is 10.2. The fourth-order valence-electron chi connectivity index (χ4n) is 1.59. The predicted octanol–water partition coefficient (Wildman–Crippen LogP) is 5.12. The molecule has 2 aromatic carbocycles. The van der Waals surface area contributed by atoms with E-state index in [1.54, 1.807) is 0 Å². The van der Waals surface area contributed by atoms with E-state index in [1.807, 2.05) is 24.3 Å². The van der Waals surface area contributed by atoms with Crippen molar-refractivity contribution in [2.24, 2.45) is 0 Å². The van der Waals surface area contributed by atoms with E-state index in [9.17, 15) is 13.6 Å². The molecular formula is C15H12BrF2NOS. The zero-order valence-corrected chi connectivity index (χ0v) is 13.3. The van der Waals surface area contributed by atoms with Crippen molar-refractivity contribution in [1.82, 2.24) is 0 Å². The lowest BCUT2D eigenvalue weighted by Crippen LogP contribution is -2.13. The first-order chi connectivity index (χ1) is 10.0. The molecule has 1 N–H and O–H groups in total. The van der Waals surface area contributed by atoms with Gasteiger partial charge in [-0.2, -0.15) is 0 Å². The topological polar surface area (TPSA) is 29.1 Å². The molecule has 110 valence electrons. The third-order valence-electron chi connectivity index (χ3n) is 2.63. The van der Waals surface area contributed by atoms with Crippen LogP contribution in [0.2, 0.25) is 0 Å². The highest BCUT2D eigenvalue weighted by molar-refractivity contribution is 9.10. The Bertz CT molecular complexity index is 602. The van der Waals surface area contributed by atoms with Crippen LogP contribution in [0, 0.1) is 0 Å². The summed E-state index contributed by atoms with van der Waals surface area (Å²) in [6.45, 7) is 0. The number of halogens is 3. The monoisotopic (exact) mass is 371 g/mol. The highest BCUT2D eigenvalue weighted by Crippen LogP contribution is 2.22. The molecule has 0 saturated carbocycles. The third-order valence-corrected chi connectivity index (χ3v) is 4.17. The average Bonchev–Trinajstić information content (AvgIpc) is 2.47. The van der Waals surface area contributed by atoms with Crippen LogP contribution in [0.25, 0.3) is 0 Å². The molecule has 0 saturated heterocycles. The normalized spacial score (nSPS) is 10.7. The van der Waals surface area contributed by atoms with E-state index in [2.05, 4.69) is 21.2 Å². The maximum atomic E-state index is 12.4. The molecule has 1 amide bonds. The van der Waals surface area contributed by atoms with Gasteiger partial charge >= 0.3 is 0 Å². The van der Waals surface area contributed by atoms with Crippen LogP contribution in [-0.4, -0.2) is 11.7 Å². The van der Waals surface area contributed by atoms with Gasteiger partial charge in [0.2, 0.25) is 5.91 Å². The number of nitrogens with one attached hydrogen (secondary N) is 1. The molecule has 2 rings (SSSR count). The van der Waals surface area contributed by atoms with Crippen LogP contribution >= 0.6 is 27.7 Å². The largest absolute Gasteiger partial charge is 0.325 e. The van der Waals surface area contributed by atoms with Gasteiger partial charge in [0.25, 0.3) is 6.43 Å². The van der Waals surface area contributed by atoms with Gasteiger partial charge in [0, 0.05) is 20.6 Å². The van der Waals surface area contributed by atoms with Crippen LogP contribution in [0.3, 0.4) is 0 Å². The van der Waals surface area contributed by atoms with E-state index < -0.39 is 6.43 Å². The number of carbonyl (C=O) groups excluding carboxylic acids is 1. The van der Waals surface area contributed by atoms with Crippen molar-refractivity contribution in [3.05, 3.63) is 58.6 Å². The number of thioether (sulfide) groups is 1. The molecule has 0 radical (unpaired) electrons. The van der Waals surface area contributed by atoms with E-state index >= 15 is 0 Å². The summed E-state index contributed by atoms with van der Waals surface area (Å²) in [4.78, 5) is 12.8. The van der Waals surface area contributed by atoms with Gasteiger partial charge in [-0.3, -0.25) is 4.79 Å². The second-order valence-electron chi connectivity index (χ2n) is 4.21. The molecule has 0 spiro atoms. The number of rotatable bonds is 5. The van der Waals surface area contributed by atoms with E-state index in [1.165, 1.54) is 36.0 Å². The minimum absolute atomic E-state index is 0.0581. The molecule has 0 bridgehead atoms. The van der Waals surface area contributed by atoms with Crippen molar-refractivity contribution in [2.75, 3.05) is 11.1 Å². The first-order valence-corrected chi connectivity index (χ1v) is 7.89. The minimum atomic E-state index is -2.50. The highest BCUT2D eigenvalue weighted by Gasteiger charge is 2.07. The standard InChI is InChI=1S/C15H12BrF2NOS/c16-11-3-7-13(8-4-11)21-9-14(20)19-12-5-1-10(2-6-12)15(17)18/h1-8,15H,9H2,(H,19,20). The summed E-state index contributed by atoms with van der Waals surface area (Å²) in [5.74, 6) is 0.0887. The van der Waals surface area contributed by atoms with Gasteiger partial charge < -0.3 is 5.32 Å². The van der Waals surface area contributed by atoms with E-state index in [0.717, 1.165) is 9.37 Å². The number of amides is 1. The second kappa shape index (κ2) is 7.56. The Kier molecular flexibility index (Phi) is 5.76. The fourth-order valence-corrected chi connectivity index (χ4v) is 2.55. The van der Waals surface area contributed by atoms with Gasteiger partial charge in [-0.15, -0.1) is 11.8 Å². The predicted molar refractivity (Wildman–Crippen MR) is 84.9 cm³/mol. The Labute approximate surface area is 134 Å². The molecule has 0 fully saturated rings. The van der Waals surface area contributed by atoms with E-state index in [4.69, 9.17) is 0 Å². The van der Waals surface area contributed by atoms with Crippen LogP contribution < -0.4 is 5.32 Å². The summed E-state index contributed by atoms with van der Waals surface area (Å²) in [5.41, 5.74) is 0.457. The van der Waals surface area contributed by atoms with Gasteiger partial charge in [-0.1, -0.05) is 28.1 Å². The zero-order chi connectivity index (χ0) is 15.2. The molecule has 21 heavy (non-hydrogen) atoms. The van der Waals surface area contributed by atoms with Gasteiger partial charge in [0.1, 0.15) is 0 Å². The smallest absolute Gasteiger partial charge is 0.263 e. The SMILES string of the molecule is O=C(CSc1ccc(Br)cc1)Nc1ccc(C(F)F)cc1. The maximum absolute atomic E-state index is 12.4. The molecule has 6 heteroatoms. The molecular weight excluding hydrogens is 360 g/mol. The maximum Gasteiger partial charge on any atom is 0.263 e. The Morgan fingerprint density at radius 2 is 1.71 bits per heavy atom. The molecule has 2 aromatic rings. The van der Waals surface area contributed by atoms with E-state index in [-0.39, 0.29) is 17.2 Å². The van der Waals surface area contributed by atoms with Crippen LogP contribution in [-0.2, 0) is 4.79 Å². The van der Waals surface area contributed by atoms with Crippen molar-refractivity contribution in [1.29, 1.82) is 0 Å². The van der Waals surface area contributed by atoms with Crippen molar-refractivity contribution in [3.8, 4) is 0 Å². The molecule has 0 aliphatic rings. The molecule has 2 nitrogen and oxygen atoms in total. The molecule has 0 aliphatic carbocycles. The molecule has 0 aliphatic heterocycles. The summed E-state index contributed by atoms with van der Waals surface area (Å²) < 4.78 is 25.8. The second-order valence-corrected chi connectivity index (χ2v) is 6.18. The Hall–Kier alpha value is -1.40. The lowest BCUT2D eigenvalue weighted by molar-refractivity contribution is -0.113. The summed E-state index contributed by atoms with van der Waals surface area (Å²) >= 11 is 4.76. The highest BCUT2D eigenvalue weighted by atomic mass is 79.9. The van der Waals surface area contributed by atoms with Gasteiger partial charge in [-0.05, 0) is 36.4 Å². The van der Waals surface area contributed by atoms with Crippen LogP contribution in [0.5, 0.6) is 0 Å². The average molecular weight is 372 g/mol. The summed E-state index contributed by atoms with van der Waals surface area (Å²) in [7, 11) is 0. The number of hydrogen-bond donors (Lipinski definition) is 1. The Balaban J connectivity index is 1.85. The quantitative estimate of drug-likeness (QED) is 0.739. The van der Waals surface area contributed by atoms with Crippen molar-refractivity contribution in [3.63, 3.8) is 0 Å². The number of benzene rings is 2. The molecule has 0 atom stereocenters. The Morgan fingerprint density at radius 3 is 2.29 bits per heavy atom. The van der Waals surface area contributed by atoms with Gasteiger partial charge in [0.15, 0.2) is 0 Å². The van der Waals surface area contributed by atoms with E-state index in [0.29, 0.717) is 5.69 Å². The third kappa shape index (κ3) is 5.13. The first kappa shape index (κ1) is 16.0. The lowest BCUT2D eigenvalue weighted by Gasteiger charge is -2.06. The van der Waals surface area contributed by atoms with Crippen molar-refractivity contribution < 1.29 is 13.6 Å². The Morgan fingerprint density at radius 1 is 1.10 bits per heavy atom. The van der Waals surface area contributed by atoms with Crippen LogP contribution in [0.15, 0.2) is 57.9 Å². The fraction of sp³-hybridized carbons (Fsp3) is 0.133. The van der Waals surface area contributed by atoms with Crippen LogP contribution in [0.1, 0.15) is 12.0 Å². The van der Waals surface area contributed by atoms with Gasteiger partial charge in [-0.25, -0.2) is 8.78 Å². The van der Waals surface area contributed by atoms with Crippen LogP contribution in [0.4, 0.5) is 14.5 Å². The summed E-state index contributed by atoms with van der Waals surface area (Å²) in [6.07, 6.45) is -2.50. The number of alkyl halides is 2. The number of hydrogen-bond acceptors (Lipinski definition) is 2. The molecule has 0 aromatic heterocycles. The molecule has 0 heterocycles. The van der Waals surface area contributed by atoms with Crippen molar-refractivity contribution in [2.45, 2.75) is 11.3 Å². The zero-order valence-electron chi connectivity index (χ0n) is 10.9. The molecule has 0 unspecified atom stereocenters. The number of anilines is 1. The minimum Gasteiger partial charge on any atom is -0.325 e.